The number of aryl methyl sites for hydroxylation is 2. The molecular formula is C15H24N2O. The minimum atomic E-state index is 0.131. The number of amides is 1. The minimum Gasteiger partial charge on any atom is -0.339 e. The van der Waals surface area contributed by atoms with Crippen molar-refractivity contribution in [1.29, 1.82) is 0 Å². The summed E-state index contributed by atoms with van der Waals surface area (Å²) in [6.07, 6.45) is 1.83. The Bertz CT molecular complexity index is 401. The lowest BCUT2D eigenvalue weighted by Crippen LogP contribution is -2.34. The summed E-state index contributed by atoms with van der Waals surface area (Å²) >= 11 is 0. The van der Waals surface area contributed by atoms with Gasteiger partial charge in [-0.2, -0.15) is 0 Å². The number of nitrogens with two attached hydrogens (primary N) is 1. The highest BCUT2D eigenvalue weighted by Gasteiger charge is 2.16. The molecule has 1 aromatic carbocycles. The number of hydrogen-bond donors (Lipinski definition) is 1. The van der Waals surface area contributed by atoms with Crippen molar-refractivity contribution in [1.82, 2.24) is 4.90 Å². The first-order valence-corrected chi connectivity index (χ1v) is 6.66. The molecule has 18 heavy (non-hydrogen) atoms. The van der Waals surface area contributed by atoms with Crippen LogP contribution >= 0.6 is 0 Å². The predicted octanol–water partition coefficient (Wildman–Crippen LogP) is 2.50. The lowest BCUT2D eigenvalue weighted by Gasteiger charge is -2.23. The van der Waals surface area contributed by atoms with Gasteiger partial charge >= 0.3 is 0 Å². The van der Waals surface area contributed by atoms with Crippen LogP contribution in [0.25, 0.3) is 0 Å². The molecule has 1 rings (SSSR count). The smallest absolute Gasteiger partial charge is 0.254 e. The number of carbonyl (C=O) groups excluding carboxylic acids is 1. The lowest BCUT2D eigenvalue weighted by molar-refractivity contribution is 0.0754. The van der Waals surface area contributed by atoms with Crippen molar-refractivity contribution >= 4 is 5.91 Å². The molecule has 2 N–H and O–H groups in total. The van der Waals surface area contributed by atoms with E-state index in [1.54, 1.807) is 0 Å². The standard InChI is InChI=1S/C15H24N2O/c1-4-9-17(10-5-8-16)15(18)14-11-12(2)6-7-13(14)3/h6-7,11H,4-5,8-10,16H2,1-3H3. The van der Waals surface area contributed by atoms with E-state index < -0.39 is 0 Å². The Kier molecular flexibility index (Phi) is 5.86. The zero-order valence-electron chi connectivity index (χ0n) is 11.7. The second-order valence-corrected chi connectivity index (χ2v) is 4.75. The summed E-state index contributed by atoms with van der Waals surface area (Å²) in [6.45, 7) is 8.26. The minimum absolute atomic E-state index is 0.131. The van der Waals surface area contributed by atoms with Crippen molar-refractivity contribution in [3.63, 3.8) is 0 Å². The molecule has 3 heteroatoms. The van der Waals surface area contributed by atoms with Crippen LogP contribution < -0.4 is 5.73 Å². The van der Waals surface area contributed by atoms with E-state index in [2.05, 4.69) is 6.92 Å². The molecule has 0 unspecified atom stereocenters. The Labute approximate surface area is 110 Å². The number of rotatable bonds is 6. The molecular weight excluding hydrogens is 224 g/mol. The molecule has 0 atom stereocenters. The molecule has 0 fully saturated rings. The summed E-state index contributed by atoms with van der Waals surface area (Å²) in [4.78, 5) is 14.4. The van der Waals surface area contributed by atoms with Gasteiger partial charge in [-0.15, -0.1) is 0 Å². The molecule has 0 saturated heterocycles. The Morgan fingerprint density at radius 1 is 1.28 bits per heavy atom. The molecule has 0 spiro atoms. The monoisotopic (exact) mass is 248 g/mol. The van der Waals surface area contributed by atoms with Gasteiger partial charge < -0.3 is 10.6 Å². The van der Waals surface area contributed by atoms with E-state index in [0.29, 0.717) is 6.54 Å². The normalized spacial score (nSPS) is 10.4. The fourth-order valence-corrected chi connectivity index (χ4v) is 2.00. The zero-order chi connectivity index (χ0) is 13.5. The maximum Gasteiger partial charge on any atom is 0.254 e. The van der Waals surface area contributed by atoms with Gasteiger partial charge in [0.25, 0.3) is 5.91 Å². The van der Waals surface area contributed by atoms with Crippen LogP contribution in [0.4, 0.5) is 0 Å². The third kappa shape index (κ3) is 3.84. The van der Waals surface area contributed by atoms with Crippen LogP contribution in [0.15, 0.2) is 18.2 Å². The highest BCUT2D eigenvalue weighted by molar-refractivity contribution is 5.95. The van der Waals surface area contributed by atoms with Crippen molar-refractivity contribution in [2.24, 2.45) is 5.73 Å². The van der Waals surface area contributed by atoms with Crippen molar-refractivity contribution in [3.8, 4) is 0 Å². The van der Waals surface area contributed by atoms with Gasteiger partial charge in [0.15, 0.2) is 0 Å². The zero-order valence-corrected chi connectivity index (χ0v) is 11.7. The highest BCUT2D eigenvalue weighted by Crippen LogP contribution is 2.14. The Balaban J connectivity index is 2.90. The largest absolute Gasteiger partial charge is 0.339 e. The van der Waals surface area contributed by atoms with Gasteiger partial charge in [-0.3, -0.25) is 4.79 Å². The molecule has 0 saturated carbocycles. The van der Waals surface area contributed by atoms with E-state index in [4.69, 9.17) is 5.73 Å². The summed E-state index contributed by atoms with van der Waals surface area (Å²) in [6, 6.07) is 6.02. The van der Waals surface area contributed by atoms with Crippen LogP contribution in [0.1, 0.15) is 41.3 Å². The van der Waals surface area contributed by atoms with E-state index in [1.807, 2.05) is 36.9 Å². The van der Waals surface area contributed by atoms with Crippen LogP contribution in [0, 0.1) is 13.8 Å². The predicted molar refractivity (Wildman–Crippen MR) is 75.8 cm³/mol. The van der Waals surface area contributed by atoms with Crippen molar-refractivity contribution in [2.45, 2.75) is 33.6 Å². The molecule has 1 aromatic rings. The van der Waals surface area contributed by atoms with Crippen LogP contribution in [0.5, 0.6) is 0 Å². The SMILES string of the molecule is CCCN(CCCN)C(=O)c1cc(C)ccc1C. The fourth-order valence-electron chi connectivity index (χ4n) is 2.00. The molecule has 0 aliphatic rings. The number of carbonyl (C=O) groups is 1. The van der Waals surface area contributed by atoms with Gasteiger partial charge in [0.2, 0.25) is 0 Å². The molecule has 0 aliphatic heterocycles. The molecule has 0 heterocycles. The quantitative estimate of drug-likeness (QED) is 0.840. The highest BCUT2D eigenvalue weighted by atomic mass is 16.2. The van der Waals surface area contributed by atoms with Gasteiger partial charge in [0.05, 0.1) is 0 Å². The summed E-state index contributed by atoms with van der Waals surface area (Å²) in [5.41, 5.74) is 8.51. The third-order valence-electron chi connectivity index (χ3n) is 3.04. The van der Waals surface area contributed by atoms with Crippen molar-refractivity contribution < 1.29 is 4.79 Å². The molecule has 0 bridgehead atoms. The van der Waals surface area contributed by atoms with Crippen LogP contribution in [-0.4, -0.2) is 30.4 Å². The lowest BCUT2D eigenvalue weighted by atomic mass is 10.0. The van der Waals surface area contributed by atoms with E-state index in [-0.39, 0.29) is 5.91 Å². The van der Waals surface area contributed by atoms with Crippen molar-refractivity contribution in [3.05, 3.63) is 34.9 Å². The summed E-state index contributed by atoms with van der Waals surface area (Å²) in [5, 5.41) is 0. The van der Waals surface area contributed by atoms with E-state index >= 15 is 0 Å². The first-order valence-electron chi connectivity index (χ1n) is 6.66. The first kappa shape index (κ1) is 14.7. The van der Waals surface area contributed by atoms with Crippen LogP contribution in [0.2, 0.25) is 0 Å². The Morgan fingerprint density at radius 2 is 2.00 bits per heavy atom. The van der Waals surface area contributed by atoms with E-state index in [1.165, 1.54) is 0 Å². The summed E-state index contributed by atoms with van der Waals surface area (Å²) in [5.74, 6) is 0.131. The molecule has 0 aliphatic carbocycles. The van der Waals surface area contributed by atoms with E-state index in [0.717, 1.165) is 42.6 Å². The number of benzene rings is 1. The van der Waals surface area contributed by atoms with Gasteiger partial charge in [0.1, 0.15) is 0 Å². The molecule has 0 aromatic heterocycles. The van der Waals surface area contributed by atoms with Gasteiger partial charge in [-0.25, -0.2) is 0 Å². The maximum absolute atomic E-state index is 12.5. The Morgan fingerprint density at radius 3 is 2.61 bits per heavy atom. The summed E-state index contributed by atoms with van der Waals surface area (Å²) < 4.78 is 0. The first-order chi connectivity index (χ1) is 8.60. The van der Waals surface area contributed by atoms with E-state index in [9.17, 15) is 4.79 Å². The number of nitrogens with zero attached hydrogens (tertiary/aromatic N) is 1. The maximum atomic E-state index is 12.5. The molecule has 0 radical (unpaired) electrons. The second-order valence-electron chi connectivity index (χ2n) is 4.75. The topological polar surface area (TPSA) is 46.3 Å². The van der Waals surface area contributed by atoms with Gasteiger partial charge in [-0.1, -0.05) is 24.6 Å². The van der Waals surface area contributed by atoms with Gasteiger partial charge in [-0.05, 0) is 44.9 Å². The summed E-state index contributed by atoms with van der Waals surface area (Å²) in [7, 11) is 0. The average Bonchev–Trinajstić information content (AvgIpc) is 2.36. The van der Waals surface area contributed by atoms with Crippen LogP contribution in [0.3, 0.4) is 0 Å². The van der Waals surface area contributed by atoms with Crippen LogP contribution in [-0.2, 0) is 0 Å². The molecule has 1 amide bonds. The van der Waals surface area contributed by atoms with Gasteiger partial charge in [0, 0.05) is 18.7 Å². The molecule has 100 valence electrons. The second kappa shape index (κ2) is 7.17. The average molecular weight is 248 g/mol. The fraction of sp³-hybridized carbons (Fsp3) is 0.533. The molecule has 3 nitrogen and oxygen atoms in total. The third-order valence-corrected chi connectivity index (χ3v) is 3.04. The Hall–Kier alpha value is -1.35. The number of hydrogen-bond acceptors (Lipinski definition) is 2. The van der Waals surface area contributed by atoms with Crippen molar-refractivity contribution in [2.75, 3.05) is 19.6 Å².